The summed E-state index contributed by atoms with van der Waals surface area (Å²) in [4.78, 5) is 30.0. The number of hydrogen-bond acceptors (Lipinski definition) is 5. The molecule has 8 heteroatoms. The Morgan fingerprint density at radius 1 is 1.50 bits per heavy atom. The number of hydrogen-bond donors (Lipinski definition) is 2. The standard InChI is InChI=1S/C10H10ClN3O4/c1-18-7-3-6(11)12-10(13-7)14-8(15)4-2-5(4)9(16)17/h3-5H,2H2,1H3,(H,16,17)(H,12,13,14,15). The van der Waals surface area contributed by atoms with Gasteiger partial charge in [-0.1, -0.05) is 11.6 Å². The Morgan fingerprint density at radius 2 is 2.22 bits per heavy atom. The largest absolute Gasteiger partial charge is 0.481 e. The van der Waals surface area contributed by atoms with E-state index in [1.54, 1.807) is 0 Å². The number of carbonyl (C=O) groups excluding carboxylic acids is 1. The summed E-state index contributed by atoms with van der Waals surface area (Å²) in [7, 11) is 1.41. The zero-order valence-electron chi connectivity index (χ0n) is 9.38. The van der Waals surface area contributed by atoms with E-state index in [9.17, 15) is 9.59 Å². The van der Waals surface area contributed by atoms with Gasteiger partial charge in [-0.3, -0.25) is 14.9 Å². The smallest absolute Gasteiger partial charge is 0.307 e. The fraction of sp³-hybridized carbons (Fsp3) is 0.400. The molecular formula is C10H10ClN3O4. The third kappa shape index (κ3) is 2.67. The van der Waals surface area contributed by atoms with Crippen LogP contribution in [0.25, 0.3) is 0 Å². The molecule has 2 rings (SSSR count). The summed E-state index contributed by atoms with van der Waals surface area (Å²) in [5, 5.41) is 11.3. The summed E-state index contributed by atoms with van der Waals surface area (Å²) in [5.41, 5.74) is 0. The number of amides is 1. The lowest BCUT2D eigenvalue weighted by molar-refractivity contribution is -0.139. The second-order valence-electron chi connectivity index (χ2n) is 3.83. The number of rotatable bonds is 4. The number of carbonyl (C=O) groups is 2. The van der Waals surface area contributed by atoms with Gasteiger partial charge >= 0.3 is 5.97 Å². The molecule has 2 unspecified atom stereocenters. The maximum Gasteiger partial charge on any atom is 0.307 e. The van der Waals surface area contributed by atoms with Crippen molar-refractivity contribution in [2.24, 2.45) is 11.8 Å². The fourth-order valence-corrected chi connectivity index (χ4v) is 1.69. The number of carboxylic acid groups (broad SMARTS) is 1. The summed E-state index contributed by atoms with van der Waals surface area (Å²) in [5.74, 6) is -2.33. The number of halogens is 1. The van der Waals surface area contributed by atoms with E-state index in [2.05, 4.69) is 15.3 Å². The third-order valence-electron chi connectivity index (χ3n) is 2.56. The highest BCUT2D eigenvalue weighted by molar-refractivity contribution is 6.29. The lowest BCUT2D eigenvalue weighted by Crippen LogP contribution is -2.18. The Morgan fingerprint density at radius 3 is 2.78 bits per heavy atom. The molecule has 1 fully saturated rings. The number of nitrogens with one attached hydrogen (secondary N) is 1. The van der Waals surface area contributed by atoms with Crippen molar-refractivity contribution >= 4 is 29.4 Å². The van der Waals surface area contributed by atoms with Gasteiger partial charge in [-0.15, -0.1) is 0 Å². The SMILES string of the molecule is COc1cc(Cl)nc(NC(=O)C2CC2C(=O)O)n1. The minimum atomic E-state index is -0.972. The second kappa shape index (κ2) is 4.77. The average Bonchev–Trinajstić information content (AvgIpc) is 3.07. The van der Waals surface area contributed by atoms with Crippen LogP contribution in [-0.2, 0) is 9.59 Å². The van der Waals surface area contributed by atoms with Crippen LogP contribution in [0.4, 0.5) is 5.95 Å². The van der Waals surface area contributed by atoms with Gasteiger partial charge in [0.05, 0.1) is 18.9 Å². The van der Waals surface area contributed by atoms with E-state index in [1.165, 1.54) is 13.2 Å². The van der Waals surface area contributed by atoms with Gasteiger partial charge in [0.1, 0.15) is 5.15 Å². The van der Waals surface area contributed by atoms with Gasteiger partial charge in [-0.25, -0.2) is 4.98 Å². The molecule has 1 amide bonds. The fourth-order valence-electron chi connectivity index (χ4n) is 1.52. The first-order valence-corrected chi connectivity index (χ1v) is 5.51. The van der Waals surface area contributed by atoms with Crippen LogP contribution < -0.4 is 10.1 Å². The van der Waals surface area contributed by atoms with Crippen LogP contribution in [0.15, 0.2) is 6.07 Å². The Kier molecular flexibility index (Phi) is 3.33. The van der Waals surface area contributed by atoms with Gasteiger partial charge in [-0.05, 0) is 6.42 Å². The summed E-state index contributed by atoms with van der Waals surface area (Å²) in [6.45, 7) is 0. The van der Waals surface area contributed by atoms with Crippen LogP contribution in [0.1, 0.15) is 6.42 Å². The van der Waals surface area contributed by atoms with Crippen molar-refractivity contribution in [2.75, 3.05) is 12.4 Å². The Hall–Kier alpha value is -1.89. The second-order valence-corrected chi connectivity index (χ2v) is 4.22. The van der Waals surface area contributed by atoms with Crippen LogP contribution >= 0.6 is 11.6 Å². The van der Waals surface area contributed by atoms with Gasteiger partial charge in [0.15, 0.2) is 0 Å². The monoisotopic (exact) mass is 271 g/mol. The molecular weight excluding hydrogens is 262 g/mol. The first kappa shape index (κ1) is 12.6. The van der Waals surface area contributed by atoms with E-state index >= 15 is 0 Å². The van der Waals surface area contributed by atoms with Crippen LogP contribution in [0.3, 0.4) is 0 Å². The predicted molar refractivity (Wildman–Crippen MR) is 61.5 cm³/mol. The van der Waals surface area contributed by atoms with Gasteiger partial charge in [0.25, 0.3) is 0 Å². The highest BCUT2D eigenvalue weighted by atomic mass is 35.5. The topological polar surface area (TPSA) is 101 Å². The molecule has 1 heterocycles. The third-order valence-corrected chi connectivity index (χ3v) is 2.75. The molecule has 2 atom stereocenters. The Labute approximate surface area is 107 Å². The summed E-state index contributed by atoms with van der Waals surface area (Å²) in [6.07, 6.45) is 0.332. The van der Waals surface area contributed by atoms with Crippen molar-refractivity contribution in [3.8, 4) is 5.88 Å². The summed E-state index contributed by atoms with van der Waals surface area (Å²) in [6, 6.07) is 1.40. The average molecular weight is 272 g/mol. The van der Waals surface area contributed by atoms with Crippen LogP contribution in [0, 0.1) is 11.8 Å². The molecule has 2 N–H and O–H groups in total. The number of nitrogens with zero attached hydrogens (tertiary/aromatic N) is 2. The predicted octanol–water partition coefficient (Wildman–Crippen LogP) is 0.798. The quantitative estimate of drug-likeness (QED) is 0.786. The lowest BCUT2D eigenvalue weighted by atomic mass is 10.3. The molecule has 96 valence electrons. The molecule has 1 aliphatic carbocycles. The maximum absolute atomic E-state index is 11.7. The number of aromatic nitrogens is 2. The van der Waals surface area contributed by atoms with Crippen molar-refractivity contribution in [1.82, 2.24) is 9.97 Å². The normalized spacial score (nSPS) is 21.2. The Balaban J connectivity index is 2.04. The number of carboxylic acids is 1. The molecule has 0 aromatic carbocycles. The lowest BCUT2D eigenvalue weighted by Gasteiger charge is -2.05. The molecule has 1 aliphatic rings. The van der Waals surface area contributed by atoms with Gasteiger partial charge in [-0.2, -0.15) is 4.98 Å². The molecule has 0 saturated heterocycles. The molecule has 1 aromatic rings. The van der Waals surface area contributed by atoms with E-state index in [0.717, 1.165) is 0 Å². The van der Waals surface area contributed by atoms with Gasteiger partial charge in [0, 0.05) is 6.07 Å². The summed E-state index contributed by atoms with van der Waals surface area (Å²) < 4.78 is 4.87. The van der Waals surface area contributed by atoms with Gasteiger partial charge in [0.2, 0.25) is 17.7 Å². The zero-order chi connectivity index (χ0) is 13.3. The number of anilines is 1. The molecule has 0 bridgehead atoms. The molecule has 18 heavy (non-hydrogen) atoms. The van der Waals surface area contributed by atoms with Gasteiger partial charge < -0.3 is 9.84 Å². The highest BCUT2D eigenvalue weighted by Crippen LogP contribution is 2.39. The van der Waals surface area contributed by atoms with Crippen LogP contribution in [-0.4, -0.2) is 34.1 Å². The zero-order valence-corrected chi connectivity index (χ0v) is 10.1. The highest BCUT2D eigenvalue weighted by Gasteiger charge is 2.48. The minimum Gasteiger partial charge on any atom is -0.481 e. The molecule has 1 saturated carbocycles. The van der Waals surface area contributed by atoms with Crippen molar-refractivity contribution < 1.29 is 19.4 Å². The Bertz CT molecular complexity index is 508. The molecule has 1 aromatic heterocycles. The van der Waals surface area contributed by atoms with E-state index in [-0.39, 0.29) is 17.0 Å². The molecule has 7 nitrogen and oxygen atoms in total. The first-order chi connectivity index (χ1) is 8.51. The van der Waals surface area contributed by atoms with Crippen LogP contribution in [0.2, 0.25) is 5.15 Å². The molecule has 0 spiro atoms. The van der Waals surface area contributed by atoms with Crippen molar-refractivity contribution in [1.29, 1.82) is 0 Å². The number of ether oxygens (including phenoxy) is 1. The van der Waals surface area contributed by atoms with Crippen molar-refractivity contribution in [2.45, 2.75) is 6.42 Å². The van der Waals surface area contributed by atoms with E-state index in [1.807, 2.05) is 0 Å². The number of aliphatic carboxylic acids is 1. The van der Waals surface area contributed by atoms with Crippen LogP contribution in [0.5, 0.6) is 5.88 Å². The first-order valence-electron chi connectivity index (χ1n) is 5.13. The van der Waals surface area contributed by atoms with E-state index < -0.39 is 23.7 Å². The van der Waals surface area contributed by atoms with E-state index in [4.69, 9.17) is 21.4 Å². The van der Waals surface area contributed by atoms with Crippen molar-refractivity contribution in [3.05, 3.63) is 11.2 Å². The molecule has 0 aliphatic heterocycles. The minimum absolute atomic E-state index is 0.000360. The molecule has 0 radical (unpaired) electrons. The van der Waals surface area contributed by atoms with E-state index in [0.29, 0.717) is 6.42 Å². The maximum atomic E-state index is 11.7. The summed E-state index contributed by atoms with van der Waals surface area (Å²) >= 11 is 5.71. The van der Waals surface area contributed by atoms with Crippen molar-refractivity contribution in [3.63, 3.8) is 0 Å². The number of methoxy groups -OCH3 is 1.